The fourth-order valence-corrected chi connectivity index (χ4v) is 5.81. The minimum absolute atomic E-state index is 0.0371. The number of thioether (sulfide) groups is 1. The predicted molar refractivity (Wildman–Crippen MR) is 126 cm³/mol. The fraction of sp³-hybridized carbons (Fsp3) is 0.391. The normalized spacial score (nSPS) is 15.5. The van der Waals surface area contributed by atoms with Gasteiger partial charge in [-0.05, 0) is 55.9 Å². The number of rotatable bonds is 7. The number of esters is 1. The molecule has 0 saturated heterocycles. The molecular formula is C23H22F3N3O4S2. The minimum Gasteiger partial charge on any atom is -0.463 e. The number of fused-ring (bicyclic) bond motifs is 1. The van der Waals surface area contributed by atoms with Crippen molar-refractivity contribution in [2.45, 2.75) is 44.4 Å². The van der Waals surface area contributed by atoms with Crippen LogP contribution < -0.4 is 5.32 Å². The molecule has 3 aromatic heterocycles. The molecule has 0 saturated carbocycles. The Hall–Kier alpha value is -2.86. The van der Waals surface area contributed by atoms with Gasteiger partial charge in [-0.1, -0.05) is 18.7 Å². The van der Waals surface area contributed by atoms with Crippen molar-refractivity contribution in [1.29, 1.82) is 0 Å². The zero-order valence-corrected chi connectivity index (χ0v) is 20.5. The van der Waals surface area contributed by atoms with E-state index < -0.39 is 23.7 Å². The Morgan fingerprint density at radius 2 is 2.14 bits per heavy atom. The SMILES string of the molecule is CCOC(=O)c1c(NC(=O)CSc2nc(-c3ccco3)cc(C(F)(F)F)n2)sc2c1CC[C@H](C)C2. The molecule has 0 unspecified atom stereocenters. The number of carbonyl (C=O) groups excluding carboxylic acids is 2. The molecule has 1 atom stereocenters. The Labute approximate surface area is 207 Å². The number of anilines is 1. The van der Waals surface area contributed by atoms with Crippen molar-refractivity contribution < 1.29 is 31.9 Å². The summed E-state index contributed by atoms with van der Waals surface area (Å²) in [6, 6.07) is 3.82. The van der Waals surface area contributed by atoms with E-state index in [1.165, 1.54) is 29.7 Å². The Morgan fingerprint density at radius 3 is 2.83 bits per heavy atom. The van der Waals surface area contributed by atoms with E-state index in [4.69, 9.17) is 9.15 Å². The summed E-state index contributed by atoms with van der Waals surface area (Å²) in [5.41, 5.74) is 0.0997. The largest absolute Gasteiger partial charge is 0.463 e. The first-order valence-corrected chi connectivity index (χ1v) is 12.7. The van der Waals surface area contributed by atoms with E-state index in [1.807, 2.05) is 0 Å². The van der Waals surface area contributed by atoms with Gasteiger partial charge in [0.25, 0.3) is 0 Å². The number of hydrogen-bond acceptors (Lipinski definition) is 8. The topological polar surface area (TPSA) is 94.3 Å². The van der Waals surface area contributed by atoms with Gasteiger partial charge in [-0.15, -0.1) is 11.3 Å². The van der Waals surface area contributed by atoms with Crippen LogP contribution in [0.3, 0.4) is 0 Å². The van der Waals surface area contributed by atoms with Gasteiger partial charge in [0.1, 0.15) is 16.4 Å². The summed E-state index contributed by atoms with van der Waals surface area (Å²) in [6.45, 7) is 4.04. The van der Waals surface area contributed by atoms with E-state index in [9.17, 15) is 22.8 Å². The Morgan fingerprint density at radius 1 is 1.34 bits per heavy atom. The zero-order valence-electron chi connectivity index (χ0n) is 18.9. The van der Waals surface area contributed by atoms with E-state index in [2.05, 4.69) is 22.2 Å². The van der Waals surface area contributed by atoms with E-state index in [-0.39, 0.29) is 29.0 Å². The lowest BCUT2D eigenvalue weighted by Gasteiger charge is -2.18. The van der Waals surface area contributed by atoms with Crippen molar-refractivity contribution >= 4 is 40.0 Å². The van der Waals surface area contributed by atoms with Gasteiger partial charge in [-0.25, -0.2) is 14.8 Å². The number of thiophene rings is 1. The van der Waals surface area contributed by atoms with Crippen LogP contribution in [0.4, 0.5) is 18.2 Å². The molecule has 0 aromatic carbocycles. The maximum atomic E-state index is 13.3. The van der Waals surface area contributed by atoms with Gasteiger partial charge < -0.3 is 14.5 Å². The number of nitrogens with one attached hydrogen (secondary N) is 1. The van der Waals surface area contributed by atoms with Crippen LogP contribution in [-0.4, -0.2) is 34.2 Å². The molecule has 0 fully saturated rings. The van der Waals surface area contributed by atoms with Crippen molar-refractivity contribution in [1.82, 2.24) is 9.97 Å². The second-order valence-corrected chi connectivity index (χ2v) is 10.1. The molecule has 0 bridgehead atoms. The van der Waals surface area contributed by atoms with Crippen LogP contribution in [0.25, 0.3) is 11.5 Å². The zero-order chi connectivity index (χ0) is 25.2. The fourth-order valence-electron chi connectivity index (χ4n) is 3.74. The third-order valence-electron chi connectivity index (χ3n) is 5.35. The molecule has 12 heteroatoms. The highest BCUT2D eigenvalue weighted by Crippen LogP contribution is 2.40. The standard InChI is InChI=1S/C23H22F3N3O4S2/c1-3-32-21(31)19-13-7-6-12(2)9-16(13)35-20(19)29-18(30)11-34-22-27-14(15-5-4-8-33-15)10-17(28-22)23(24,25)26/h4-5,8,10,12H,3,6-7,9,11H2,1-2H3,(H,29,30)/t12-/m0/s1. The van der Waals surface area contributed by atoms with Crippen LogP contribution in [0, 0.1) is 5.92 Å². The van der Waals surface area contributed by atoms with Crippen LogP contribution in [-0.2, 0) is 28.5 Å². The molecule has 0 aliphatic heterocycles. The molecule has 186 valence electrons. The highest BCUT2D eigenvalue weighted by Gasteiger charge is 2.34. The molecule has 7 nitrogen and oxygen atoms in total. The summed E-state index contributed by atoms with van der Waals surface area (Å²) >= 11 is 2.10. The smallest absolute Gasteiger partial charge is 0.433 e. The number of aromatic nitrogens is 2. The second-order valence-electron chi connectivity index (χ2n) is 8.01. The van der Waals surface area contributed by atoms with Crippen molar-refractivity contribution in [2.75, 3.05) is 17.7 Å². The summed E-state index contributed by atoms with van der Waals surface area (Å²) in [6.07, 6.45) is -0.897. The van der Waals surface area contributed by atoms with Gasteiger partial charge in [0, 0.05) is 4.88 Å². The lowest BCUT2D eigenvalue weighted by atomic mass is 9.88. The number of nitrogens with zero attached hydrogens (tertiary/aromatic N) is 2. The Bertz CT molecular complexity index is 1230. The van der Waals surface area contributed by atoms with Crippen LogP contribution in [0.15, 0.2) is 34.0 Å². The molecule has 1 aliphatic rings. The van der Waals surface area contributed by atoms with Gasteiger partial charge in [0.05, 0.1) is 24.2 Å². The van der Waals surface area contributed by atoms with Gasteiger partial charge in [0.15, 0.2) is 10.9 Å². The molecule has 35 heavy (non-hydrogen) atoms. The molecule has 3 aromatic rings. The number of furan rings is 1. The first-order chi connectivity index (χ1) is 16.7. The molecule has 0 spiro atoms. The molecule has 0 radical (unpaired) electrons. The molecule has 1 amide bonds. The lowest BCUT2D eigenvalue weighted by molar-refractivity contribution is -0.141. The third kappa shape index (κ3) is 5.87. The average molecular weight is 526 g/mol. The number of amides is 1. The van der Waals surface area contributed by atoms with Crippen LogP contribution in [0.5, 0.6) is 0 Å². The van der Waals surface area contributed by atoms with E-state index >= 15 is 0 Å². The van der Waals surface area contributed by atoms with Crippen molar-refractivity contribution in [3.05, 3.63) is 46.2 Å². The highest BCUT2D eigenvalue weighted by atomic mass is 32.2. The van der Waals surface area contributed by atoms with E-state index in [1.54, 1.807) is 6.92 Å². The van der Waals surface area contributed by atoms with Gasteiger partial charge >= 0.3 is 12.1 Å². The summed E-state index contributed by atoms with van der Waals surface area (Å²) in [5, 5.41) is 2.92. The summed E-state index contributed by atoms with van der Waals surface area (Å²) in [5.74, 6) is -0.613. The molecule has 3 heterocycles. The average Bonchev–Trinajstić information content (AvgIpc) is 3.45. The molecule has 4 rings (SSSR count). The number of ether oxygens (including phenoxy) is 1. The summed E-state index contributed by atoms with van der Waals surface area (Å²) in [4.78, 5) is 34.0. The van der Waals surface area contributed by atoms with Crippen LogP contribution in [0.2, 0.25) is 0 Å². The van der Waals surface area contributed by atoms with E-state index in [0.29, 0.717) is 16.5 Å². The minimum atomic E-state index is -4.69. The van der Waals surface area contributed by atoms with Gasteiger partial charge in [0.2, 0.25) is 5.91 Å². The van der Waals surface area contributed by atoms with Crippen LogP contribution >= 0.6 is 23.1 Å². The highest BCUT2D eigenvalue weighted by molar-refractivity contribution is 7.99. The number of alkyl halides is 3. The monoisotopic (exact) mass is 525 g/mol. The maximum Gasteiger partial charge on any atom is 0.433 e. The number of hydrogen-bond donors (Lipinski definition) is 1. The first kappa shape index (κ1) is 25.2. The number of halogens is 3. The van der Waals surface area contributed by atoms with Gasteiger partial charge in [-0.2, -0.15) is 13.2 Å². The molecular weight excluding hydrogens is 503 g/mol. The Kier molecular flexibility index (Phi) is 7.50. The molecule has 1 N–H and O–H groups in total. The van der Waals surface area contributed by atoms with E-state index in [0.717, 1.165) is 47.5 Å². The summed E-state index contributed by atoms with van der Waals surface area (Å²) in [7, 11) is 0. The third-order valence-corrected chi connectivity index (χ3v) is 7.36. The maximum absolute atomic E-state index is 13.3. The van der Waals surface area contributed by atoms with Crippen molar-refractivity contribution in [3.8, 4) is 11.5 Å². The first-order valence-electron chi connectivity index (χ1n) is 10.9. The van der Waals surface area contributed by atoms with Gasteiger partial charge in [-0.3, -0.25) is 4.79 Å². The summed E-state index contributed by atoms with van der Waals surface area (Å²) < 4.78 is 50.4. The van der Waals surface area contributed by atoms with Crippen molar-refractivity contribution in [3.63, 3.8) is 0 Å². The second kappa shape index (κ2) is 10.4. The quantitative estimate of drug-likeness (QED) is 0.235. The lowest BCUT2D eigenvalue weighted by Crippen LogP contribution is -2.18. The number of carbonyl (C=O) groups is 2. The molecule has 1 aliphatic carbocycles. The predicted octanol–water partition coefficient (Wildman–Crippen LogP) is 5.85. The van der Waals surface area contributed by atoms with Crippen molar-refractivity contribution in [2.24, 2.45) is 5.92 Å². The Balaban J connectivity index is 1.53. The van der Waals surface area contributed by atoms with Crippen LogP contribution in [0.1, 0.15) is 46.8 Å².